The molecule has 0 atom stereocenters. The molecule has 0 unspecified atom stereocenters. The topological polar surface area (TPSA) is 21.3 Å². The zero-order valence-electron chi connectivity index (χ0n) is 29.9. The third-order valence-corrected chi connectivity index (χ3v) is 11.0. The van der Waals surface area contributed by atoms with Crippen LogP contribution in [0.1, 0.15) is 0 Å². The molecule has 9 aromatic carbocycles. The van der Waals surface area contributed by atoms with E-state index in [1.807, 2.05) is 0 Å². The first-order valence-corrected chi connectivity index (χ1v) is 18.8. The van der Waals surface area contributed by atoms with E-state index in [2.05, 4.69) is 216 Å². The number of nitrogens with zero attached hydrogens (tertiary/aromatic N) is 2. The van der Waals surface area contributed by atoms with Crippen molar-refractivity contribution in [3.05, 3.63) is 206 Å². The molecule has 258 valence electrons. The van der Waals surface area contributed by atoms with Crippen LogP contribution in [0.4, 0.5) is 17.1 Å². The highest BCUT2D eigenvalue weighted by atomic mass is 16.3. The van der Waals surface area contributed by atoms with E-state index >= 15 is 0 Å². The van der Waals surface area contributed by atoms with Crippen LogP contribution in [0.25, 0.3) is 82.5 Å². The summed E-state index contributed by atoms with van der Waals surface area (Å²) in [7, 11) is 0. The molecule has 11 rings (SSSR count). The smallest absolute Gasteiger partial charge is 0.143 e. The predicted octanol–water partition coefficient (Wildman–Crippen LogP) is 14.6. The van der Waals surface area contributed by atoms with Crippen molar-refractivity contribution in [3.8, 4) is 27.9 Å². The van der Waals surface area contributed by atoms with Gasteiger partial charge >= 0.3 is 0 Å². The Kier molecular flexibility index (Phi) is 7.17. The Balaban J connectivity index is 1.05. The Bertz CT molecular complexity index is 3150. The minimum Gasteiger partial charge on any atom is -0.455 e. The fourth-order valence-corrected chi connectivity index (χ4v) is 8.42. The van der Waals surface area contributed by atoms with Crippen molar-refractivity contribution in [1.82, 2.24) is 4.57 Å². The highest BCUT2D eigenvalue weighted by Crippen LogP contribution is 2.44. The number of rotatable bonds is 6. The second-order valence-electron chi connectivity index (χ2n) is 14.1. The third-order valence-electron chi connectivity index (χ3n) is 11.0. The van der Waals surface area contributed by atoms with Gasteiger partial charge in [0.1, 0.15) is 11.2 Å². The third kappa shape index (κ3) is 5.13. The molecule has 0 saturated heterocycles. The SMILES string of the molecule is c1ccc(-c2ccccc2N(c2ccc(-c3cccc(-n4c5ccccc5c5ccccc54)c3)cc2)c2ccc3c(c2)oc2c4ccccc4ccc32)cc1. The lowest BCUT2D eigenvalue weighted by atomic mass is 10.0. The van der Waals surface area contributed by atoms with E-state index in [1.54, 1.807) is 0 Å². The summed E-state index contributed by atoms with van der Waals surface area (Å²) in [6, 6.07) is 73.9. The molecule has 2 aromatic heterocycles. The van der Waals surface area contributed by atoms with Crippen LogP contribution in [-0.2, 0) is 0 Å². The Morgan fingerprint density at radius 1 is 0.382 bits per heavy atom. The maximum atomic E-state index is 6.69. The molecule has 0 N–H and O–H groups in total. The average molecular weight is 703 g/mol. The van der Waals surface area contributed by atoms with E-state index in [9.17, 15) is 0 Å². The van der Waals surface area contributed by atoms with Crippen molar-refractivity contribution in [1.29, 1.82) is 0 Å². The minimum atomic E-state index is 0.865. The molecule has 11 aromatic rings. The maximum absolute atomic E-state index is 6.69. The van der Waals surface area contributed by atoms with Gasteiger partial charge < -0.3 is 13.9 Å². The number of furan rings is 1. The lowest BCUT2D eigenvalue weighted by molar-refractivity contribution is 0.672. The second-order valence-corrected chi connectivity index (χ2v) is 14.1. The number of fused-ring (bicyclic) bond motifs is 8. The number of aromatic nitrogens is 1. The molecule has 0 aliphatic carbocycles. The van der Waals surface area contributed by atoms with Crippen LogP contribution >= 0.6 is 0 Å². The minimum absolute atomic E-state index is 0.865. The molecule has 2 heterocycles. The van der Waals surface area contributed by atoms with Gasteiger partial charge in [0.25, 0.3) is 0 Å². The Hall–Kier alpha value is -7.36. The van der Waals surface area contributed by atoms with Crippen LogP contribution in [-0.4, -0.2) is 4.57 Å². The largest absolute Gasteiger partial charge is 0.455 e. The lowest BCUT2D eigenvalue weighted by Gasteiger charge is -2.28. The van der Waals surface area contributed by atoms with Crippen LogP contribution in [0.15, 0.2) is 211 Å². The molecule has 55 heavy (non-hydrogen) atoms. The Morgan fingerprint density at radius 2 is 1.02 bits per heavy atom. The van der Waals surface area contributed by atoms with Gasteiger partial charge in [0.2, 0.25) is 0 Å². The quantitative estimate of drug-likeness (QED) is 0.172. The van der Waals surface area contributed by atoms with Crippen molar-refractivity contribution in [2.45, 2.75) is 0 Å². The van der Waals surface area contributed by atoms with Crippen molar-refractivity contribution < 1.29 is 4.42 Å². The van der Waals surface area contributed by atoms with Crippen molar-refractivity contribution in [3.63, 3.8) is 0 Å². The average Bonchev–Trinajstić information content (AvgIpc) is 3.80. The van der Waals surface area contributed by atoms with E-state index < -0.39 is 0 Å². The first-order chi connectivity index (χ1) is 27.3. The van der Waals surface area contributed by atoms with Gasteiger partial charge in [-0.2, -0.15) is 0 Å². The summed E-state index contributed by atoms with van der Waals surface area (Å²) in [5.74, 6) is 0. The molecular formula is C52H34N2O. The molecule has 3 heteroatoms. The first-order valence-electron chi connectivity index (χ1n) is 18.8. The van der Waals surface area contributed by atoms with Gasteiger partial charge in [-0.1, -0.05) is 140 Å². The van der Waals surface area contributed by atoms with Crippen LogP contribution < -0.4 is 4.90 Å². The summed E-state index contributed by atoms with van der Waals surface area (Å²) >= 11 is 0. The van der Waals surface area contributed by atoms with Crippen molar-refractivity contribution in [2.75, 3.05) is 4.90 Å². The van der Waals surface area contributed by atoms with Gasteiger partial charge in [-0.05, 0) is 82.7 Å². The van der Waals surface area contributed by atoms with Crippen LogP contribution in [0, 0.1) is 0 Å². The van der Waals surface area contributed by atoms with Crippen LogP contribution in [0.5, 0.6) is 0 Å². The molecule has 3 nitrogen and oxygen atoms in total. The number of para-hydroxylation sites is 3. The van der Waals surface area contributed by atoms with E-state index in [-0.39, 0.29) is 0 Å². The van der Waals surface area contributed by atoms with Crippen LogP contribution in [0.3, 0.4) is 0 Å². The lowest BCUT2D eigenvalue weighted by Crippen LogP contribution is -2.11. The fourth-order valence-electron chi connectivity index (χ4n) is 8.42. The summed E-state index contributed by atoms with van der Waals surface area (Å²) in [6.07, 6.45) is 0. The van der Waals surface area contributed by atoms with Crippen LogP contribution in [0.2, 0.25) is 0 Å². The Morgan fingerprint density at radius 3 is 1.82 bits per heavy atom. The van der Waals surface area contributed by atoms with E-state index in [0.717, 1.165) is 72.3 Å². The number of anilines is 3. The second kappa shape index (κ2) is 12.6. The number of hydrogen-bond donors (Lipinski definition) is 0. The summed E-state index contributed by atoms with van der Waals surface area (Å²) in [5, 5.41) is 7.06. The molecule has 0 radical (unpaired) electrons. The molecule has 0 amide bonds. The summed E-state index contributed by atoms with van der Waals surface area (Å²) in [5.41, 5.74) is 13.2. The Labute approximate surface area is 318 Å². The van der Waals surface area contributed by atoms with Gasteiger partial charge in [-0.25, -0.2) is 0 Å². The normalized spacial score (nSPS) is 11.6. The molecule has 0 saturated carbocycles. The molecule has 0 fully saturated rings. The van der Waals surface area contributed by atoms with E-state index in [4.69, 9.17) is 4.42 Å². The molecule has 0 aliphatic heterocycles. The summed E-state index contributed by atoms with van der Waals surface area (Å²) < 4.78 is 9.06. The number of hydrogen-bond acceptors (Lipinski definition) is 2. The highest BCUT2D eigenvalue weighted by Gasteiger charge is 2.20. The van der Waals surface area contributed by atoms with Gasteiger partial charge in [-0.15, -0.1) is 0 Å². The maximum Gasteiger partial charge on any atom is 0.143 e. The fraction of sp³-hybridized carbons (Fsp3) is 0. The van der Waals surface area contributed by atoms with Crippen molar-refractivity contribution >= 4 is 71.6 Å². The van der Waals surface area contributed by atoms with E-state index in [0.29, 0.717) is 0 Å². The van der Waals surface area contributed by atoms with Gasteiger partial charge in [0, 0.05) is 55.6 Å². The monoisotopic (exact) mass is 702 g/mol. The van der Waals surface area contributed by atoms with Gasteiger partial charge in [0.15, 0.2) is 0 Å². The number of benzene rings is 9. The highest BCUT2D eigenvalue weighted by molar-refractivity contribution is 6.15. The standard InChI is InChI=1S/C52H34N2O/c1-2-13-36(14-3-1)42-18-6-9-22-48(42)53(41-30-32-46-47-31-27-37-15-4-5-19-43(37)52(47)55-51(46)34-41)39-28-25-35(26-29-39)38-16-12-17-40(33-38)54-49-23-10-7-20-44(49)45-21-8-11-24-50(45)54/h1-34H. The zero-order chi connectivity index (χ0) is 36.3. The molecular weight excluding hydrogens is 669 g/mol. The first kappa shape index (κ1) is 31.2. The van der Waals surface area contributed by atoms with Gasteiger partial charge in [0.05, 0.1) is 16.7 Å². The predicted molar refractivity (Wildman–Crippen MR) is 231 cm³/mol. The molecule has 0 aliphatic rings. The zero-order valence-corrected chi connectivity index (χ0v) is 29.9. The molecule has 0 spiro atoms. The van der Waals surface area contributed by atoms with Gasteiger partial charge in [-0.3, -0.25) is 0 Å². The molecule has 0 bridgehead atoms. The van der Waals surface area contributed by atoms with Crippen molar-refractivity contribution in [2.24, 2.45) is 0 Å². The summed E-state index contributed by atoms with van der Waals surface area (Å²) in [6.45, 7) is 0. The summed E-state index contributed by atoms with van der Waals surface area (Å²) in [4.78, 5) is 2.35. The van der Waals surface area contributed by atoms with E-state index in [1.165, 1.54) is 27.2 Å².